The zero-order valence-electron chi connectivity index (χ0n) is 15.8. The van der Waals surface area contributed by atoms with E-state index in [1.54, 1.807) is 7.11 Å². The Morgan fingerprint density at radius 2 is 2.03 bits per heavy atom. The van der Waals surface area contributed by atoms with Crippen LogP contribution in [0.5, 0.6) is 5.75 Å². The van der Waals surface area contributed by atoms with Crippen molar-refractivity contribution in [2.45, 2.75) is 4.34 Å². The zero-order valence-corrected chi connectivity index (χ0v) is 17.4. The summed E-state index contributed by atoms with van der Waals surface area (Å²) in [7, 11) is 1.62. The number of aliphatic hydroxyl groups excluding tert-OH is 1. The van der Waals surface area contributed by atoms with Crippen LogP contribution in [-0.4, -0.2) is 38.1 Å². The molecule has 0 saturated heterocycles. The lowest BCUT2D eigenvalue weighted by Gasteiger charge is -2.03. The second-order valence-electron chi connectivity index (χ2n) is 6.05. The molecular formula is C20H16N6O2S2. The molecule has 0 saturated carbocycles. The van der Waals surface area contributed by atoms with Gasteiger partial charge >= 0.3 is 0 Å². The number of benzene rings is 2. The standard InChI is InChI=1S/C20H16N6O2S2/c1-28-13-8-6-12(7-9-13)22-19-25-26-20(30-19)29-11-17(27)14(10-21)18-23-15-4-2-3-5-16(15)24-18/h2-9,27H,11H2,1H3,(H,22,25)(H,23,24)/b17-14-. The number of aliphatic hydroxyl groups is 1. The lowest BCUT2D eigenvalue weighted by Crippen LogP contribution is -1.95. The second kappa shape index (κ2) is 8.86. The molecular weight excluding hydrogens is 420 g/mol. The summed E-state index contributed by atoms with van der Waals surface area (Å²) in [6.45, 7) is 0. The molecule has 0 amide bonds. The van der Waals surface area contributed by atoms with Gasteiger partial charge in [0.2, 0.25) is 5.13 Å². The van der Waals surface area contributed by atoms with Crippen molar-refractivity contribution in [1.29, 1.82) is 5.26 Å². The average Bonchev–Trinajstić information content (AvgIpc) is 3.40. The smallest absolute Gasteiger partial charge is 0.210 e. The van der Waals surface area contributed by atoms with Crippen molar-refractivity contribution in [1.82, 2.24) is 20.2 Å². The number of hydrogen-bond donors (Lipinski definition) is 3. The summed E-state index contributed by atoms with van der Waals surface area (Å²) < 4.78 is 5.81. The molecule has 8 nitrogen and oxygen atoms in total. The number of nitrogens with one attached hydrogen (secondary N) is 2. The molecule has 2 aromatic carbocycles. The van der Waals surface area contributed by atoms with Crippen LogP contribution in [0.15, 0.2) is 58.6 Å². The maximum Gasteiger partial charge on any atom is 0.210 e. The summed E-state index contributed by atoms with van der Waals surface area (Å²) in [5.41, 5.74) is 2.51. The maximum absolute atomic E-state index is 10.4. The molecule has 0 unspecified atom stereocenters. The number of anilines is 2. The summed E-state index contributed by atoms with van der Waals surface area (Å²) >= 11 is 2.65. The van der Waals surface area contributed by atoms with Gasteiger partial charge in [-0.3, -0.25) is 0 Å². The molecule has 0 aliphatic rings. The van der Waals surface area contributed by atoms with Crippen LogP contribution in [0.1, 0.15) is 5.82 Å². The number of nitriles is 1. The first kappa shape index (κ1) is 19.8. The SMILES string of the molecule is COc1ccc(Nc2nnc(SC/C(O)=C(\C#N)c3nc4ccccc4[nH]3)s2)cc1. The Balaban J connectivity index is 1.43. The first-order valence-electron chi connectivity index (χ1n) is 8.81. The van der Waals surface area contributed by atoms with Gasteiger partial charge in [-0.05, 0) is 36.4 Å². The highest BCUT2D eigenvalue weighted by molar-refractivity contribution is 8.01. The molecule has 0 spiro atoms. The molecule has 0 radical (unpaired) electrons. The Morgan fingerprint density at radius 3 is 2.77 bits per heavy atom. The lowest BCUT2D eigenvalue weighted by molar-refractivity contribution is 0.415. The molecule has 10 heteroatoms. The average molecular weight is 437 g/mol. The van der Waals surface area contributed by atoms with Crippen LogP contribution in [0, 0.1) is 11.3 Å². The third kappa shape index (κ3) is 4.37. The van der Waals surface area contributed by atoms with Gasteiger partial charge in [0.1, 0.15) is 23.2 Å². The molecule has 0 atom stereocenters. The van der Waals surface area contributed by atoms with Crippen LogP contribution in [0.25, 0.3) is 16.6 Å². The Morgan fingerprint density at radius 1 is 1.23 bits per heavy atom. The lowest BCUT2D eigenvalue weighted by atomic mass is 10.2. The number of nitrogens with zero attached hydrogens (tertiary/aromatic N) is 4. The van der Waals surface area contributed by atoms with Crippen LogP contribution in [0.4, 0.5) is 10.8 Å². The number of aromatic amines is 1. The topological polar surface area (TPSA) is 120 Å². The molecule has 2 aromatic heterocycles. The Kier molecular flexibility index (Phi) is 5.83. The molecule has 3 N–H and O–H groups in total. The highest BCUT2D eigenvalue weighted by atomic mass is 32.2. The highest BCUT2D eigenvalue weighted by Gasteiger charge is 2.14. The predicted octanol–water partition coefficient (Wildman–Crippen LogP) is 4.75. The normalized spacial score (nSPS) is 11.7. The van der Waals surface area contributed by atoms with E-state index in [1.165, 1.54) is 23.1 Å². The number of methoxy groups -OCH3 is 1. The van der Waals surface area contributed by atoms with E-state index in [1.807, 2.05) is 54.6 Å². The van der Waals surface area contributed by atoms with Crippen molar-refractivity contribution < 1.29 is 9.84 Å². The number of thioether (sulfide) groups is 1. The minimum absolute atomic E-state index is 0.0681. The predicted molar refractivity (Wildman–Crippen MR) is 118 cm³/mol. The molecule has 2 heterocycles. The van der Waals surface area contributed by atoms with Gasteiger partial charge in [0, 0.05) is 5.69 Å². The third-order valence-electron chi connectivity index (χ3n) is 4.11. The number of allylic oxidation sites excluding steroid dienone is 1. The summed E-state index contributed by atoms with van der Waals surface area (Å²) in [5, 5.41) is 32.0. The second-order valence-corrected chi connectivity index (χ2v) is 8.25. The number of rotatable bonds is 7. The summed E-state index contributed by atoms with van der Waals surface area (Å²) in [6, 6.07) is 16.9. The fourth-order valence-corrected chi connectivity index (χ4v) is 4.29. The van der Waals surface area contributed by atoms with E-state index >= 15 is 0 Å². The van der Waals surface area contributed by atoms with Crippen molar-refractivity contribution in [3.05, 3.63) is 60.1 Å². The number of fused-ring (bicyclic) bond motifs is 1. The Bertz CT molecular complexity index is 1210. The van der Waals surface area contributed by atoms with Crippen LogP contribution in [0.2, 0.25) is 0 Å². The number of ether oxygens (including phenoxy) is 1. The Labute approximate surface area is 180 Å². The monoisotopic (exact) mass is 436 g/mol. The molecule has 30 heavy (non-hydrogen) atoms. The number of hydrogen-bond acceptors (Lipinski definition) is 9. The fraction of sp³-hybridized carbons (Fsp3) is 0.100. The van der Waals surface area contributed by atoms with Crippen molar-refractivity contribution >= 4 is 50.5 Å². The Hall–Kier alpha value is -3.55. The van der Waals surface area contributed by atoms with Crippen LogP contribution in [-0.2, 0) is 0 Å². The quantitative estimate of drug-likeness (QED) is 0.216. The fourth-order valence-electron chi connectivity index (χ4n) is 2.64. The summed E-state index contributed by atoms with van der Waals surface area (Å²) in [5.74, 6) is 1.23. The van der Waals surface area contributed by atoms with Crippen LogP contribution in [0.3, 0.4) is 0 Å². The van der Waals surface area contributed by atoms with E-state index in [-0.39, 0.29) is 17.1 Å². The first-order chi connectivity index (χ1) is 14.7. The third-order valence-corrected chi connectivity index (χ3v) is 6.09. The van der Waals surface area contributed by atoms with Crippen LogP contribution >= 0.6 is 23.1 Å². The van der Waals surface area contributed by atoms with Gasteiger partial charge in [-0.1, -0.05) is 35.2 Å². The van der Waals surface area contributed by atoms with Crippen LogP contribution < -0.4 is 10.1 Å². The summed E-state index contributed by atoms with van der Waals surface area (Å²) in [4.78, 5) is 7.43. The van der Waals surface area contributed by atoms with Gasteiger partial charge < -0.3 is 20.1 Å². The van der Waals surface area contributed by atoms with Crippen molar-refractivity contribution in [2.24, 2.45) is 0 Å². The van der Waals surface area contributed by atoms with E-state index in [9.17, 15) is 10.4 Å². The van der Waals surface area contributed by atoms with Gasteiger partial charge in [0.05, 0.1) is 23.9 Å². The molecule has 0 bridgehead atoms. The van der Waals surface area contributed by atoms with Crippen molar-refractivity contribution in [3.63, 3.8) is 0 Å². The molecule has 4 rings (SSSR count). The van der Waals surface area contributed by atoms with E-state index in [0.717, 1.165) is 22.5 Å². The van der Waals surface area contributed by atoms with E-state index < -0.39 is 0 Å². The van der Waals surface area contributed by atoms with Gasteiger partial charge in [0.25, 0.3) is 0 Å². The molecule has 0 aliphatic heterocycles. The molecule has 0 aliphatic carbocycles. The van der Waals surface area contributed by atoms with E-state index in [2.05, 4.69) is 25.5 Å². The van der Waals surface area contributed by atoms with E-state index in [0.29, 0.717) is 15.3 Å². The van der Waals surface area contributed by atoms with Gasteiger partial charge in [-0.25, -0.2) is 4.98 Å². The number of H-pyrrole nitrogens is 1. The molecule has 0 fully saturated rings. The number of imidazole rings is 1. The summed E-state index contributed by atoms with van der Waals surface area (Å²) in [6.07, 6.45) is 0. The highest BCUT2D eigenvalue weighted by Crippen LogP contribution is 2.30. The minimum atomic E-state index is -0.0681. The molecule has 150 valence electrons. The van der Waals surface area contributed by atoms with E-state index in [4.69, 9.17) is 4.74 Å². The van der Waals surface area contributed by atoms with Crippen molar-refractivity contribution in [3.8, 4) is 11.8 Å². The van der Waals surface area contributed by atoms with Crippen molar-refractivity contribution in [2.75, 3.05) is 18.2 Å². The van der Waals surface area contributed by atoms with Gasteiger partial charge in [0.15, 0.2) is 10.2 Å². The maximum atomic E-state index is 10.4. The molecule has 4 aromatic rings. The first-order valence-corrected chi connectivity index (χ1v) is 10.6. The number of para-hydroxylation sites is 2. The minimum Gasteiger partial charge on any atom is -0.510 e. The van der Waals surface area contributed by atoms with Gasteiger partial charge in [-0.2, -0.15) is 5.26 Å². The zero-order chi connectivity index (χ0) is 20.9. The number of aromatic nitrogens is 4. The van der Waals surface area contributed by atoms with Gasteiger partial charge in [-0.15, -0.1) is 10.2 Å². The largest absolute Gasteiger partial charge is 0.510 e.